The third kappa shape index (κ3) is 4.01. The van der Waals surface area contributed by atoms with E-state index in [2.05, 4.69) is 0 Å². The predicted octanol–water partition coefficient (Wildman–Crippen LogP) is 5.26. The van der Waals surface area contributed by atoms with Gasteiger partial charge in [0.05, 0.1) is 5.02 Å². The number of carbonyl (C=O) groups excluding carboxylic acids is 2. The summed E-state index contributed by atoms with van der Waals surface area (Å²) in [6, 6.07) is 1.75. The Morgan fingerprint density at radius 1 is 1.19 bits per heavy atom. The van der Waals surface area contributed by atoms with E-state index >= 15 is 0 Å². The Hall–Kier alpha value is -1.26. The maximum atomic E-state index is 12.8. The normalized spacial score (nSPS) is 20.3. The van der Waals surface area contributed by atoms with Gasteiger partial charge in [0, 0.05) is 11.5 Å². The van der Waals surface area contributed by atoms with Crippen LogP contribution >= 0.6 is 23.2 Å². The van der Waals surface area contributed by atoms with Crippen molar-refractivity contribution >= 4 is 35.0 Å². The first-order valence-electron chi connectivity index (χ1n) is 9.07. The summed E-state index contributed by atoms with van der Waals surface area (Å²) in [5.74, 6) is 0.349. The standard InChI is InChI=1S/C20H24Cl2O4/c1-20(2,3)26-15(23)10-25-14-9-12-8-13(11-6-4-5-7-11)19(24)16(12)18(22)17(14)21/h9,11,13H,4-8,10H2,1-3H3. The van der Waals surface area contributed by atoms with Crippen LogP contribution in [0.2, 0.25) is 10.0 Å². The zero-order valence-electron chi connectivity index (χ0n) is 15.4. The minimum atomic E-state index is -0.583. The Labute approximate surface area is 164 Å². The lowest BCUT2D eigenvalue weighted by Gasteiger charge is -2.19. The molecule has 1 aromatic carbocycles. The van der Waals surface area contributed by atoms with E-state index in [0.29, 0.717) is 23.7 Å². The zero-order chi connectivity index (χ0) is 19.1. The van der Waals surface area contributed by atoms with Crippen molar-refractivity contribution in [2.45, 2.75) is 58.5 Å². The van der Waals surface area contributed by atoms with E-state index < -0.39 is 11.6 Å². The molecule has 0 N–H and O–H groups in total. The second kappa shape index (κ2) is 7.40. The molecule has 1 atom stereocenters. The van der Waals surface area contributed by atoms with Gasteiger partial charge in [-0.15, -0.1) is 0 Å². The average Bonchev–Trinajstić information content (AvgIpc) is 3.15. The van der Waals surface area contributed by atoms with Gasteiger partial charge in [0.15, 0.2) is 12.4 Å². The van der Waals surface area contributed by atoms with Crippen molar-refractivity contribution in [3.63, 3.8) is 0 Å². The summed E-state index contributed by atoms with van der Waals surface area (Å²) in [7, 11) is 0. The van der Waals surface area contributed by atoms with Crippen LogP contribution in [-0.4, -0.2) is 24.0 Å². The summed E-state index contributed by atoms with van der Waals surface area (Å²) in [6.07, 6.45) is 5.22. The minimum absolute atomic E-state index is 0.0119. The summed E-state index contributed by atoms with van der Waals surface area (Å²) in [6.45, 7) is 5.11. The Kier molecular flexibility index (Phi) is 5.55. The first-order valence-corrected chi connectivity index (χ1v) is 9.82. The van der Waals surface area contributed by atoms with E-state index in [1.807, 2.05) is 0 Å². The molecule has 3 rings (SSSR count). The van der Waals surface area contributed by atoms with Crippen molar-refractivity contribution in [2.75, 3.05) is 6.61 Å². The van der Waals surface area contributed by atoms with Gasteiger partial charge in [-0.05, 0) is 57.6 Å². The molecule has 142 valence electrons. The van der Waals surface area contributed by atoms with Crippen molar-refractivity contribution in [1.29, 1.82) is 0 Å². The van der Waals surface area contributed by atoms with Crippen LogP contribution in [-0.2, 0) is 16.0 Å². The highest BCUT2D eigenvalue weighted by molar-refractivity contribution is 6.45. The molecule has 4 nitrogen and oxygen atoms in total. The number of Topliss-reactive ketones (excluding diaryl/α,β-unsaturated/α-hetero) is 1. The van der Waals surface area contributed by atoms with Crippen molar-refractivity contribution in [3.05, 3.63) is 27.2 Å². The van der Waals surface area contributed by atoms with Crippen LogP contribution in [0.1, 0.15) is 62.4 Å². The smallest absolute Gasteiger partial charge is 0.344 e. The number of esters is 1. The van der Waals surface area contributed by atoms with Gasteiger partial charge in [0.1, 0.15) is 16.4 Å². The number of hydrogen-bond donors (Lipinski definition) is 0. The maximum absolute atomic E-state index is 12.8. The number of ketones is 1. The lowest BCUT2D eigenvalue weighted by Crippen LogP contribution is -2.27. The monoisotopic (exact) mass is 398 g/mol. The van der Waals surface area contributed by atoms with Crippen LogP contribution in [0.25, 0.3) is 0 Å². The summed E-state index contributed by atoms with van der Waals surface area (Å²) in [5.41, 5.74) is 0.805. The van der Waals surface area contributed by atoms with E-state index in [9.17, 15) is 9.59 Å². The van der Waals surface area contributed by atoms with E-state index in [4.69, 9.17) is 32.7 Å². The van der Waals surface area contributed by atoms with Crippen molar-refractivity contribution < 1.29 is 19.1 Å². The number of halogens is 2. The molecular formula is C20H24Cl2O4. The Balaban J connectivity index is 1.77. The number of ether oxygens (including phenoxy) is 2. The maximum Gasteiger partial charge on any atom is 0.344 e. The Bertz CT molecular complexity index is 730. The van der Waals surface area contributed by atoms with Crippen molar-refractivity contribution in [2.24, 2.45) is 11.8 Å². The SMILES string of the molecule is CC(C)(C)OC(=O)COc1cc2c(c(Cl)c1Cl)C(=O)C(C1CCCC1)C2. The third-order valence-electron chi connectivity index (χ3n) is 5.01. The first kappa shape index (κ1) is 19.5. The van der Waals surface area contributed by atoms with E-state index in [1.54, 1.807) is 26.8 Å². The molecule has 2 aliphatic rings. The number of hydrogen-bond acceptors (Lipinski definition) is 4. The molecule has 6 heteroatoms. The molecule has 1 fully saturated rings. The summed E-state index contributed by atoms with van der Waals surface area (Å²) < 4.78 is 10.8. The van der Waals surface area contributed by atoms with Gasteiger partial charge in [-0.25, -0.2) is 4.79 Å². The van der Waals surface area contributed by atoms with Gasteiger partial charge >= 0.3 is 5.97 Å². The quantitative estimate of drug-likeness (QED) is 0.649. The van der Waals surface area contributed by atoms with E-state index in [-0.39, 0.29) is 28.4 Å². The molecule has 0 amide bonds. The number of rotatable bonds is 4. The van der Waals surface area contributed by atoms with Crippen LogP contribution in [0.3, 0.4) is 0 Å². The minimum Gasteiger partial charge on any atom is -0.480 e. The van der Waals surface area contributed by atoms with Gasteiger partial charge in [0.2, 0.25) is 0 Å². The Morgan fingerprint density at radius 3 is 2.46 bits per heavy atom. The van der Waals surface area contributed by atoms with Crippen molar-refractivity contribution in [1.82, 2.24) is 0 Å². The third-order valence-corrected chi connectivity index (χ3v) is 5.86. The summed E-state index contributed by atoms with van der Waals surface area (Å²) in [4.78, 5) is 24.7. The highest BCUT2D eigenvalue weighted by Gasteiger charge is 2.39. The fourth-order valence-corrected chi connectivity index (χ4v) is 4.46. The molecule has 0 radical (unpaired) electrons. The summed E-state index contributed by atoms with van der Waals surface area (Å²) >= 11 is 12.7. The second-order valence-corrected chi connectivity index (χ2v) is 8.89. The highest BCUT2D eigenvalue weighted by Crippen LogP contribution is 2.46. The molecule has 26 heavy (non-hydrogen) atoms. The van der Waals surface area contributed by atoms with Gasteiger partial charge in [-0.2, -0.15) is 0 Å². The van der Waals surface area contributed by atoms with E-state index in [0.717, 1.165) is 18.4 Å². The number of benzene rings is 1. The van der Waals surface area contributed by atoms with Crippen molar-refractivity contribution in [3.8, 4) is 5.75 Å². The fraction of sp³-hybridized carbons (Fsp3) is 0.600. The number of fused-ring (bicyclic) bond motifs is 1. The van der Waals surface area contributed by atoms with Gasteiger partial charge < -0.3 is 9.47 Å². The number of carbonyl (C=O) groups is 2. The molecule has 0 heterocycles. The van der Waals surface area contributed by atoms with Gasteiger partial charge in [-0.1, -0.05) is 36.0 Å². The summed E-state index contributed by atoms with van der Waals surface area (Å²) in [5, 5.41) is 0.406. The predicted molar refractivity (Wildman–Crippen MR) is 101 cm³/mol. The first-order chi connectivity index (χ1) is 12.2. The molecular weight excluding hydrogens is 375 g/mol. The van der Waals surface area contributed by atoms with Crippen LogP contribution in [0, 0.1) is 11.8 Å². The molecule has 0 aliphatic heterocycles. The highest BCUT2D eigenvalue weighted by atomic mass is 35.5. The largest absolute Gasteiger partial charge is 0.480 e. The average molecular weight is 399 g/mol. The van der Waals surface area contributed by atoms with Crippen LogP contribution in [0.5, 0.6) is 5.75 Å². The molecule has 0 saturated heterocycles. The molecule has 1 saturated carbocycles. The second-order valence-electron chi connectivity index (χ2n) is 8.13. The van der Waals surface area contributed by atoms with Gasteiger partial charge in [0.25, 0.3) is 0 Å². The zero-order valence-corrected chi connectivity index (χ0v) is 16.9. The molecule has 0 spiro atoms. The van der Waals surface area contributed by atoms with Crippen LogP contribution in [0.4, 0.5) is 0 Å². The topological polar surface area (TPSA) is 52.6 Å². The van der Waals surface area contributed by atoms with E-state index in [1.165, 1.54) is 12.8 Å². The molecule has 0 aromatic heterocycles. The molecule has 1 unspecified atom stereocenters. The molecule has 2 aliphatic carbocycles. The molecule has 1 aromatic rings. The fourth-order valence-electron chi connectivity index (χ4n) is 3.95. The van der Waals surface area contributed by atoms with Gasteiger partial charge in [-0.3, -0.25) is 4.79 Å². The molecule has 0 bridgehead atoms. The Morgan fingerprint density at radius 2 is 1.85 bits per heavy atom. The van der Waals surface area contributed by atoms with Crippen LogP contribution < -0.4 is 4.74 Å². The lowest BCUT2D eigenvalue weighted by molar-refractivity contribution is -0.157. The lowest BCUT2D eigenvalue weighted by atomic mass is 9.88. The van der Waals surface area contributed by atoms with Crippen LogP contribution in [0.15, 0.2) is 6.07 Å².